The predicted molar refractivity (Wildman–Crippen MR) is 95.2 cm³/mol. The molecule has 1 aliphatic rings. The topological polar surface area (TPSA) is 94.6 Å². The van der Waals surface area contributed by atoms with Gasteiger partial charge in [-0.05, 0) is 30.8 Å². The van der Waals surface area contributed by atoms with E-state index in [1.54, 1.807) is 12.5 Å². The zero-order valence-electron chi connectivity index (χ0n) is 14.0. The molecule has 1 atom stereocenters. The lowest BCUT2D eigenvalue weighted by Gasteiger charge is -2.22. The monoisotopic (exact) mass is 347 g/mol. The molecule has 8 heteroatoms. The Morgan fingerprint density at radius 2 is 2.08 bits per heavy atom. The summed E-state index contributed by atoms with van der Waals surface area (Å²) >= 11 is 0. The van der Waals surface area contributed by atoms with Crippen LogP contribution in [0.1, 0.15) is 18.9 Å². The molecule has 0 saturated carbocycles. The van der Waals surface area contributed by atoms with E-state index in [0.29, 0.717) is 29.3 Å². The maximum Gasteiger partial charge on any atom is 0.297 e. The molecule has 0 spiro atoms. The number of pyridine rings is 1. The average molecular weight is 347 g/mol. The fourth-order valence-corrected chi connectivity index (χ4v) is 3.32. The number of rotatable bonds is 3. The van der Waals surface area contributed by atoms with Crippen LogP contribution < -0.4 is 5.32 Å². The Kier molecular flexibility index (Phi) is 3.67. The highest BCUT2D eigenvalue weighted by Crippen LogP contribution is 2.26. The molecule has 130 valence electrons. The molecule has 0 amide bonds. The van der Waals surface area contributed by atoms with Crippen LogP contribution in [0.25, 0.3) is 34.0 Å². The molecule has 0 radical (unpaired) electrons. The number of hydrogen-bond donors (Lipinski definition) is 1. The third kappa shape index (κ3) is 2.64. The van der Waals surface area contributed by atoms with Crippen LogP contribution in [0.5, 0.6) is 0 Å². The molecule has 1 fully saturated rings. The normalized spacial score (nSPS) is 17.6. The molecular weight excluding hydrogens is 330 g/mol. The number of nitrogens with one attached hydrogen (secondary N) is 1. The van der Waals surface area contributed by atoms with Gasteiger partial charge in [0.15, 0.2) is 0 Å². The van der Waals surface area contributed by atoms with Crippen LogP contribution in [0, 0.1) is 0 Å². The van der Waals surface area contributed by atoms with Crippen LogP contribution in [-0.2, 0) is 0 Å². The van der Waals surface area contributed by atoms with Crippen molar-refractivity contribution >= 4 is 10.8 Å². The molecule has 1 unspecified atom stereocenters. The van der Waals surface area contributed by atoms with Crippen LogP contribution >= 0.6 is 0 Å². The van der Waals surface area contributed by atoms with E-state index in [1.165, 1.54) is 0 Å². The Labute approximate surface area is 149 Å². The summed E-state index contributed by atoms with van der Waals surface area (Å²) < 4.78 is 7.28. The van der Waals surface area contributed by atoms with Crippen LogP contribution in [0.15, 0.2) is 47.4 Å². The summed E-state index contributed by atoms with van der Waals surface area (Å²) in [5.41, 5.74) is 0.689. The number of benzene rings is 1. The van der Waals surface area contributed by atoms with Gasteiger partial charge in [0.05, 0.1) is 6.04 Å². The van der Waals surface area contributed by atoms with Crippen molar-refractivity contribution < 1.29 is 4.52 Å². The summed E-state index contributed by atoms with van der Waals surface area (Å²) in [6.45, 7) is 1.96. The fourth-order valence-electron chi connectivity index (χ4n) is 3.32. The largest absolute Gasteiger partial charge is 0.330 e. The van der Waals surface area contributed by atoms with Gasteiger partial charge in [-0.1, -0.05) is 29.4 Å². The third-order valence-corrected chi connectivity index (χ3v) is 4.66. The van der Waals surface area contributed by atoms with Gasteiger partial charge in [-0.3, -0.25) is 4.98 Å². The van der Waals surface area contributed by atoms with Gasteiger partial charge in [0.1, 0.15) is 12.0 Å². The van der Waals surface area contributed by atoms with Crippen LogP contribution in [0.4, 0.5) is 0 Å². The van der Waals surface area contributed by atoms with Crippen molar-refractivity contribution in [2.45, 2.75) is 18.9 Å². The van der Waals surface area contributed by atoms with Crippen LogP contribution in [0.2, 0.25) is 0 Å². The number of fused-ring (bicyclic) bond motifs is 1. The highest BCUT2D eigenvalue weighted by Gasteiger charge is 2.20. The maximum atomic E-state index is 5.40. The van der Waals surface area contributed by atoms with E-state index < -0.39 is 0 Å². The third-order valence-electron chi connectivity index (χ3n) is 4.66. The summed E-state index contributed by atoms with van der Waals surface area (Å²) in [6.07, 6.45) is 5.70. The maximum absolute atomic E-state index is 5.40. The van der Waals surface area contributed by atoms with E-state index in [9.17, 15) is 0 Å². The minimum atomic E-state index is 0.303. The predicted octanol–water partition coefficient (Wildman–Crippen LogP) is 2.47. The number of nitrogens with zero attached hydrogens (tertiary/aromatic N) is 6. The second-order valence-electron chi connectivity index (χ2n) is 6.35. The molecule has 1 saturated heterocycles. The molecular formula is C18H17N7O. The zero-order valence-corrected chi connectivity index (χ0v) is 14.0. The van der Waals surface area contributed by atoms with Gasteiger partial charge in [0.25, 0.3) is 5.89 Å². The zero-order chi connectivity index (χ0) is 17.3. The second kappa shape index (κ2) is 6.30. The van der Waals surface area contributed by atoms with Crippen molar-refractivity contribution in [1.29, 1.82) is 0 Å². The van der Waals surface area contributed by atoms with Crippen LogP contribution in [0.3, 0.4) is 0 Å². The summed E-state index contributed by atoms with van der Waals surface area (Å²) in [4.78, 5) is 13.2. The molecule has 4 aromatic rings. The number of hydrogen-bond acceptors (Lipinski definition) is 7. The van der Waals surface area contributed by atoms with E-state index in [0.717, 1.165) is 36.7 Å². The second-order valence-corrected chi connectivity index (χ2v) is 6.35. The van der Waals surface area contributed by atoms with Crippen molar-refractivity contribution in [2.75, 3.05) is 13.1 Å². The molecule has 3 aromatic heterocycles. The van der Waals surface area contributed by atoms with Gasteiger partial charge in [-0.25, -0.2) is 9.67 Å². The van der Waals surface area contributed by atoms with Crippen LogP contribution in [-0.4, -0.2) is 43.0 Å². The molecule has 5 rings (SSSR count). The van der Waals surface area contributed by atoms with Gasteiger partial charge < -0.3 is 9.84 Å². The Morgan fingerprint density at radius 3 is 3.00 bits per heavy atom. The van der Waals surface area contributed by atoms with Crippen molar-refractivity contribution in [2.24, 2.45) is 0 Å². The smallest absolute Gasteiger partial charge is 0.297 e. The molecule has 26 heavy (non-hydrogen) atoms. The Hall–Kier alpha value is -3.13. The average Bonchev–Trinajstić information content (AvgIpc) is 3.38. The highest BCUT2D eigenvalue weighted by molar-refractivity contribution is 5.92. The van der Waals surface area contributed by atoms with Crippen molar-refractivity contribution in [1.82, 2.24) is 35.2 Å². The minimum absolute atomic E-state index is 0.303. The molecule has 1 aliphatic heterocycles. The first kappa shape index (κ1) is 15.2. The molecule has 1 aromatic carbocycles. The van der Waals surface area contributed by atoms with Crippen molar-refractivity contribution in [3.8, 4) is 23.2 Å². The lowest BCUT2D eigenvalue weighted by Crippen LogP contribution is -2.31. The molecule has 1 N–H and O–H groups in total. The lowest BCUT2D eigenvalue weighted by molar-refractivity contribution is 0.345. The van der Waals surface area contributed by atoms with Crippen molar-refractivity contribution in [3.63, 3.8) is 0 Å². The Bertz CT molecular complexity index is 1040. The van der Waals surface area contributed by atoms with Gasteiger partial charge in [0, 0.05) is 18.1 Å². The van der Waals surface area contributed by atoms with Gasteiger partial charge in [0.2, 0.25) is 11.6 Å². The van der Waals surface area contributed by atoms with E-state index in [1.807, 2.05) is 35.0 Å². The van der Waals surface area contributed by atoms with Gasteiger partial charge in [-0.2, -0.15) is 4.98 Å². The first-order valence-electron chi connectivity index (χ1n) is 8.68. The summed E-state index contributed by atoms with van der Waals surface area (Å²) in [6, 6.07) is 10.3. The summed E-state index contributed by atoms with van der Waals surface area (Å²) in [7, 11) is 0. The molecule has 0 aliphatic carbocycles. The van der Waals surface area contributed by atoms with Gasteiger partial charge in [-0.15, -0.1) is 5.10 Å². The first-order chi connectivity index (χ1) is 12.9. The first-order valence-corrected chi connectivity index (χ1v) is 8.68. The molecule has 8 nitrogen and oxygen atoms in total. The standard InChI is InChI=1S/C18H17N7O/c1-2-6-14-12(4-1)7-9-20-15(14)16-22-18(26-24-16)17-21-11-25(23-17)13-5-3-8-19-10-13/h1-2,4,6-7,9,11,13,19H,3,5,8,10H2. The minimum Gasteiger partial charge on any atom is -0.330 e. The van der Waals surface area contributed by atoms with E-state index in [-0.39, 0.29) is 0 Å². The van der Waals surface area contributed by atoms with E-state index in [2.05, 4.69) is 30.5 Å². The Balaban J connectivity index is 1.48. The summed E-state index contributed by atoms with van der Waals surface area (Å²) in [5.74, 6) is 1.18. The SMILES string of the molecule is c1ccc2c(-c3noc(-c4ncn(C5CCCNC5)n4)n3)nccc2c1. The van der Waals surface area contributed by atoms with Crippen molar-refractivity contribution in [3.05, 3.63) is 42.9 Å². The lowest BCUT2D eigenvalue weighted by atomic mass is 10.1. The Morgan fingerprint density at radius 1 is 1.12 bits per heavy atom. The van der Waals surface area contributed by atoms with E-state index >= 15 is 0 Å². The van der Waals surface area contributed by atoms with Gasteiger partial charge >= 0.3 is 0 Å². The molecule has 4 heterocycles. The number of piperidine rings is 1. The number of aromatic nitrogens is 6. The summed E-state index contributed by atoms with van der Waals surface area (Å²) in [5, 5.41) is 14.0. The fraction of sp³-hybridized carbons (Fsp3) is 0.278. The quantitative estimate of drug-likeness (QED) is 0.608. The highest BCUT2D eigenvalue weighted by atomic mass is 16.5. The molecule has 0 bridgehead atoms. The van der Waals surface area contributed by atoms with E-state index in [4.69, 9.17) is 4.52 Å².